The van der Waals surface area contributed by atoms with E-state index in [1.54, 1.807) is 14.2 Å². The van der Waals surface area contributed by atoms with Gasteiger partial charge in [-0.1, -0.05) is 12.1 Å². The third kappa shape index (κ3) is 2.85. The number of rotatable bonds is 5. The van der Waals surface area contributed by atoms with E-state index >= 15 is 0 Å². The van der Waals surface area contributed by atoms with Gasteiger partial charge in [-0.2, -0.15) is 4.37 Å². The van der Waals surface area contributed by atoms with Gasteiger partial charge in [0.1, 0.15) is 17.3 Å². The lowest BCUT2D eigenvalue weighted by Gasteiger charge is -2.17. The molecule has 0 aliphatic heterocycles. The molecule has 5 heteroatoms. The third-order valence-corrected chi connectivity index (χ3v) is 4.42. The Morgan fingerprint density at radius 3 is 2.36 bits per heavy atom. The molecule has 0 radical (unpaired) electrons. The molecular weight excluding hydrogens is 296 g/mol. The van der Waals surface area contributed by atoms with Crippen molar-refractivity contribution in [3.8, 4) is 11.5 Å². The maximum Gasteiger partial charge on any atom is 0.150 e. The molecule has 0 aliphatic carbocycles. The lowest BCUT2D eigenvalue weighted by atomic mass is 10.2. The molecule has 3 rings (SSSR count). The van der Waals surface area contributed by atoms with Crippen molar-refractivity contribution in [1.82, 2.24) is 4.37 Å². The fourth-order valence-electron chi connectivity index (χ4n) is 2.39. The topological polar surface area (TPSA) is 34.6 Å². The van der Waals surface area contributed by atoms with E-state index in [0.29, 0.717) is 0 Å². The van der Waals surface area contributed by atoms with Gasteiger partial charge in [-0.15, -0.1) is 0 Å². The second kappa shape index (κ2) is 6.23. The molecule has 0 fully saturated rings. The molecule has 1 heterocycles. The molecule has 1 aromatic heterocycles. The molecule has 0 saturated carbocycles. The Kier molecular flexibility index (Phi) is 4.15. The van der Waals surface area contributed by atoms with E-state index in [2.05, 4.69) is 34.5 Å². The van der Waals surface area contributed by atoms with Crippen LogP contribution in [0.4, 0.5) is 5.82 Å². The zero-order valence-corrected chi connectivity index (χ0v) is 13.7. The Balaban J connectivity index is 1.86. The fraction of sp³-hybridized carbons (Fsp3) is 0.235. The van der Waals surface area contributed by atoms with Crippen molar-refractivity contribution in [3.05, 3.63) is 48.0 Å². The number of methoxy groups -OCH3 is 2. The van der Waals surface area contributed by atoms with Crippen LogP contribution in [0.1, 0.15) is 5.56 Å². The monoisotopic (exact) mass is 314 g/mol. The first kappa shape index (κ1) is 14.7. The summed E-state index contributed by atoms with van der Waals surface area (Å²) in [6.07, 6.45) is 0. The van der Waals surface area contributed by atoms with E-state index < -0.39 is 0 Å². The number of anilines is 1. The van der Waals surface area contributed by atoms with Gasteiger partial charge in [0.05, 0.1) is 18.9 Å². The van der Waals surface area contributed by atoms with Crippen LogP contribution in [0.5, 0.6) is 11.5 Å². The minimum Gasteiger partial charge on any atom is -0.497 e. The largest absolute Gasteiger partial charge is 0.497 e. The summed E-state index contributed by atoms with van der Waals surface area (Å²) < 4.78 is 16.3. The number of aromatic nitrogens is 1. The highest BCUT2D eigenvalue weighted by Crippen LogP contribution is 2.32. The van der Waals surface area contributed by atoms with E-state index in [9.17, 15) is 0 Å². The van der Waals surface area contributed by atoms with Gasteiger partial charge in [-0.3, -0.25) is 0 Å². The Morgan fingerprint density at radius 2 is 1.68 bits per heavy atom. The zero-order chi connectivity index (χ0) is 15.5. The molecular formula is C17H18N2O2S. The van der Waals surface area contributed by atoms with Crippen LogP contribution in [0.15, 0.2) is 42.5 Å². The molecule has 3 aromatic rings. The van der Waals surface area contributed by atoms with Crippen molar-refractivity contribution in [3.63, 3.8) is 0 Å². The average molecular weight is 314 g/mol. The summed E-state index contributed by atoms with van der Waals surface area (Å²) >= 11 is 1.51. The number of benzene rings is 2. The molecule has 0 spiro atoms. The predicted octanol–water partition coefficient (Wildman–Crippen LogP) is 3.95. The summed E-state index contributed by atoms with van der Waals surface area (Å²) in [5, 5.41) is 1.13. The van der Waals surface area contributed by atoms with Crippen molar-refractivity contribution in [2.24, 2.45) is 0 Å². The smallest absolute Gasteiger partial charge is 0.150 e. The van der Waals surface area contributed by atoms with Crippen molar-refractivity contribution < 1.29 is 9.47 Å². The first-order valence-electron chi connectivity index (χ1n) is 6.99. The molecule has 0 saturated heterocycles. The highest BCUT2D eigenvalue weighted by Gasteiger charge is 2.12. The van der Waals surface area contributed by atoms with Crippen LogP contribution in [0.3, 0.4) is 0 Å². The van der Waals surface area contributed by atoms with Crippen molar-refractivity contribution in [2.45, 2.75) is 6.54 Å². The number of nitrogens with zero attached hydrogens (tertiary/aromatic N) is 2. The number of hydrogen-bond donors (Lipinski definition) is 0. The summed E-state index contributed by atoms with van der Waals surface area (Å²) in [4.78, 5) is 2.15. The maximum atomic E-state index is 5.31. The highest BCUT2D eigenvalue weighted by atomic mass is 32.1. The standard InChI is InChI=1S/C17H18N2O2S/c1-19(11-12-4-6-13(20-2)7-5-12)17-15-10-14(21-3)8-9-16(15)22-18-17/h4-10H,11H2,1-3H3. The maximum absolute atomic E-state index is 5.31. The fourth-order valence-corrected chi connectivity index (χ4v) is 3.19. The van der Waals surface area contributed by atoms with E-state index in [0.717, 1.165) is 33.9 Å². The third-order valence-electron chi connectivity index (χ3n) is 3.60. The molecule has 114 valence electrons. The molecule has 22 heavy (non-hydrogen) atoms. The Labute approximate surface area is 134 Å². The van der Waals surface area contributed by atoms with Crippen molar-refractivity contribution in [1.29, 1.82) is 0 Å². The lowest BCUT2D eigenvalue weighted by Crippen LogP contribution is -2.16. The van der Waals surface area contributed by atoms with Crippen LogP contribution in [-0.4, -0.2) is 25.6 Å². The first-order valence-corrected chi connectivity index (χ1v) is 7.76. The van der Waals surface area contributed by atoms with Gasteiger partial charge in [0.2, 0.25) is 0 Å². The van der Waals surface area contributed by atoms with Crippen LogP contribution in [0.2, 0.25) is 0 Å². The molecule has 0 aliphatic rings. The zero-order valence-electron chi connectivity index (χ0n) is 12.9. The number of fused-ring (bicyclic) bond motifs is 1. The molecule has 2 aromatic carbocycles. The Morgan fingerprint density at radius 1 is 1.00 bits per heavy atom. The van der Waals surface area contributed by atoms with Gasteiger partial charge in [0.15, 0.2) is 0 Å². The summed E-state index contributed by atoms with van der Waals surface area (Å²) in [5.41, 5.74) is 1.22. The highest BCUT2D eigenvalue weighted by molar-refractivity contribution is 7.13. The van der Waals surface area contributed by atoms with E-state index in [1.807, 2.05) is 24.3 Å². The van der Waals surface area contributed by atoms with Crippen molar-refractivity contribution in [2.75, 3.05) is 26.2 Å². The molecule has 0 N–H and O–H groups in total. The average Bonchev–Trinajstić information content (AvgIpc) is 2.98. The Bertz CT molecular complexity index is 768. The van der Waals surface area contributed by atoms with E-state index in [-0.39, 0.29) is 0 Å². The van der Waals surface area contributed by atoms with Crippen LogP contribution in [0.25, 0.3) is 10.1 Å². The minimum atomic E-state index is 0.792. The van der Waals surface area contributed by atoms with E-state index in [1.165, 1.54) is 17.1 Å². The molecule has 0 amide bonds. The predicted molar refractivity (Wildman–Crippen MR) is 91.3 cm³/mol. The summed E-state index contributed by atoms with van der Waals surface area (Å²) in [6, 6.07) is 14.2. The van der Waals surface area contributed by atoms with Gasteiger partial charge >= 0.3 is 0 Å². The summed E-state index contributed by atoms with van der Waals surface area (Å²) in [6.45, 7) is 0.792. The van der Waals surface area contributed by atoms with E-state index in [4.69, 9.17) is 9.47 Å². The van der Waals surface area contributed by atoms with Gasteiger partial charge in [-0.25, -0.2) is 0 Å². The van der Waals surface area contributed by atoms with Gasteiger partial charge < -0.3 is 14.4 Å². The minimum absolute atomic E-state index is 0.792. The molecule has 0 bridgehead atoms. The van der Waals surface area contributed by atoms with Gasteiger partial charge in [-0.05, 0) is 47.4 Å². The van der Waals surface area contributed by atoms with Crippen LogP contribution in [0, 0.1) is 0 Å². The number of hydrogen-bond acceptors (Lipinski definition) is 5. The summed E-state index contributed by atoms with van der Waals surface area (Å²) in [5.74, 6) is 2.71. The van der Waals surface area contributed by atoms with Gasteiger partial charge in [0, 0.05) is 19.0 Å². The second-order valence-electron chi connectivity index (χ2n) is 5.07. The van der Waals surface area contributed by atoms with Gasteiger partial charge in [0.25, 0.3) is 0 Å². The second-order valence-corrected chi connectivity index (χ2v) is 5.88. The first-order chi connectivity index (χ1) is 10.7. The molecule has 4 nitrogen and oxygen atoms in total. The quantitative estimate of drug-likeness (QED) is 0.714. The van der Waals surface area contributed by atoms with Crippen LogP contribution >= 0.6 is 11.5 Å². The number of ether oxygens (including phenoxy) is 2. The van der Waals surface area contributed by atoms with Crippen LogP contribution < -0.4 is 14.4 Å². The summed E-state index contributed by atoms with van der Waals surface area (Å²) in [7, 11) is 5.41. The molecule has 0 unspecified atom stereocenters. The van der Waals surface area contributed by atoms with Crippen LogP contribution in [-0.2, 0) is 6.54 Å². The lowest BCUT2D eigenvalue weighted by molar-refractivity contribution is 0.414. The Hall–Kier alpha value is -2.27. The molecule has 0 atom stereocenters. The normalized spacial score (nSPS) is 10.7. The van der Waals surface area contributed by atoms with Crippen molar-refractivity contribution >= 4 is 27.4 Å². The SMILES string of the molecule is COc1ccc(CN(C)c2nsc3ccc(OC)cc23)cc1.